The van der Waals surface area contributed by atoms with Crippen molar-refractivity contribution in [2.75, 3.05) is 44.0 Å². The smallest absolute Gasteiger partial charge is 0.253 e. The number of ether oxygens (including phenoxy) is 2. The molecule has 3 aromatic rings. The predicted octanol–water partition coefficient (Wildman–Crippen LogP) is 4.42. The Kier molecular flexibility index (Phi) is 9.49. The third kappa shape index (κ3) is 7.94. The summed E-state index contributed by atoms with van der Waals surface area (Å²) < 4.78 is 10.8. The molecule has 3 aromatic carbocycles. The molecule has 178 valence electrons. The van der Waals surface area contributed by atoms with E-state index in [1.54, 1.807) is 36.2 Å². The molecule has 0 radical (unpaired) electrons. The Morgan fingerprint density at radius 2 is 1.65 bits per heavy atom. The van der Waals surface area contributed by atoms with Gasteiger partial charge in [-0.3, -0.25) is 9.59 Å². The Labute approximate surface area is 200 Å². The van der Waals surface area contributed by atoms with Crippen LogP contribution in [0.25, 0.3) is 0 Å². The van der Waals surface area contributed by atoms with E-state index in [0.29, 0.717) is 37.6 Å². The minimum atomic E-state index is -0.209. The van der Waals surface area contributed by atoms with Crippen molar-refractivity contribution in [2.45, 2.75) is 13.5 Å². The standard InChI is InChI=1S/C27H31N3O4/c1-3-33-16-17-34-25-14-12-23(13-15-25)28-19-26(31)29-24-11-7-10-22(18-24)27(32)30(2)20-21-8-5-4-6-9-21/h4-15,18,28H,3,16-17,19-20H2,1-2H3,(H,29,31). The van der Waals surface area contributed by atoms with Gasteiger partial charge in [0.15, 0.2) is 0 Å². The highest BCUT2D eigenvalue weighted by Crippen LogP contribution is 2.16. The average molecular weight is 462 g/mol. The van der Waals surface area contributed by atoms with Gasteiger partial charge in [0.1, 0.15) is 12.4 Å². The fourth-order valence-corrected chi connectivity index (χ4v) is 3.30. The second-order valence-electron chi connectivity index (χ2n) is 7.70. The number of hydrogen-bond acceptors (Lipinski definition) is 5. The van der Waals surface area contributed by atoms with E-state index < -0.39 is 0 Å². The van der Waals surface area contributed by atoms with Crippen LogP contribution in [0.4, 0.5) is 11.4 Å². The van der Waals surface area contributed by atoms with Gasteiger partial charge in [-0.1, -0.05) is 36.4 Å². The van der Waals surface area contributed by atoms with Crippen molar-refractivity contribution in [1.29, 1.82) is 0 Å². The molecule has 2 amide bonds. The largest absolute Gasteiger partial charge is 0.491 e. The van der Waals surface area contributed by atoms with Crippen LogP contribution in [0.3, 0.4) is 0 Å². The van der Waals surface area contributed by atoms with E-state index in [1.165, 1.54) is 0 Å². The fourth-order valence-electron chi connectivity index (χ4n) is 3.30. The van der Waals surface area contributed by atoms with Crippen LogP contribution in [0.2, 0.25) is 0 Å². The van der Waals surface area contributed by atoms with Gasteiger partial charge in [0.2, 0.25) is 5.91 Å². The highest BCUT2D eigenvalue weighted by atomic mass is 16.5. The zero-order chi connectivity index (χ0) is 24.2. The third-order valence-electron chi connectivity index (χ3n) is 5.01. The predicted molar refractivity (Wildman–Crippen MR) is 134 cm³/mol. The van der Waals surface area contributed by atoms with E-state index in [-0.39, 0.29) is 18.4 Å². The lowest BCUT2D eigenvalue weighted by Crippen LogP contribution is -2.26. The van der Waals surface area contributed by atoms with Crippen molar-refractivity contribution in [3.05, 3.63) is 90.0 Å². The number of rotatable bonds is 12. The number of hydrogen-bond donors (Lipinski definition) is 2. The monoisotopic (exact) mass is 461 g/mol. The van der Waals surface area contributed by atoms with Gasteiger partial charge >= 0.3 is 0 Å². The Bertz CT molecular complexity index is 1050. The molecule has 2 N–H and O–H groups in total. The number of nitrogens with zero attached hydrogens (tertiary/aromatic N) is 1. The van der Waals surface area contributed by atoms with E-state index in [4.69, 9.17) is 9.47 Å². The maximum atomic E-state index is 12.8. The van der Waals surface area contributed by atoms with Crippen LogP contribution in [0.5, 0.6) is 5.75 Å². The minimum Gasteiger partial charge on any atom is -0.491 e. The zero-order valence-corrected chi connectivity index (χ0v) is 19.6. The molecule has 0 heterocycles. The molecule has 0 aliphatic rings. The minimum absolute atomic E-state index is 0.0939. The van der Waals surface area contributed by atoms with E-state index >= 15 is 0 Å². The van der Waals surface area contributed by atoms with Gasteiger partial charge < -0.3 is 25.0 Å². The van der Waals surface area contributed by atoms with Crippen LogP contribution in [-0.2, 0) is 16.1 Å². The van der Waals surface area contributed by atoms with E-state index in [2.05, 4.69) is 10.6 Å². The second-order valence-corrected chi connectivity index (χ2v) is 7.70. The third-order valence-corrected chi connectivity index (χ3v) is 5.01. The molecule has 0 atom stereocenters. The van der Waals surface area contributed by atoms with Crippen molar-refractivity contribution in [1.82, 2.24) is 4.90 Å². The molecule has 0 saturated heterocycles. The zero-order valence-electron chi connectivity index (χ0n) is 19.6. The first-order valence-corrected chi connectivity index (χ1v) is 11.3. The Morgan fingerprint density at radius 1 is 0.882 bits per heavy atom. The molecular weight excluding hydrogens is 430 g/mol. The highest BCUT2D eigenvalue weighted by molar-refractivity contribution is 5.98. The van der Waals surface area contributed by atoms with Gasteiger partial charge in [0.05, 0.1) is 13.2 Å². The molecular formula is C27H31N3O4. The summed E-state index contributed by atoms with van der Waals surface area (Å²) in [5.41, 5.74) is 2.95. The van der Waals surface area contributed by atoms with Crippen LogP contribution >= 0.6 is 0 Å². The Morgan fingerprint density at radius 3 is 2.38 bits per heavy atom. The van der Waals surface area contributed by atoms with E-state index in [9.17, 15) is 9.59 Å². The first-order valence-electron chi connectivity index (χ1n) is 11.3. The molecule has 34 heavy (non-hydrogen) atoms. The van der Waals surface area contributed by atoms with Crippen LogP contribution < -0.4 is 15.4 Å². The summed E-state index contributed by atoms with van der Waals surface area (Å²) in [4.78, 5) is 26.9. The summed E-state index contributed by atoms with van der Waals surface area (Å²) in [6.45, 7) is 4.26. The average Bonchev–Trinajstić information content (AvgIpc) is 2.86. The van der Waals surface area contributed by atoms with Gasteiger partial charge in [-0.05, 0) is 55.0 Å². The lowest BCUT2D eigenvalue weighted by Gasteiger charge is -2.18. The molecule has 7 heteroatoms. The lowest BCUT2D eigenvalue weighted by atomic mass is 10.1. The maximum Gasteiger partial charge on any atom is 0.253 e. The van der Waals surface area contributed by atoms with Gasteiger partial charge in [-0.25, -0.2) is 0 Å². The maximum absolute atomic E-state index is 12.8. The molecule has 3 rings (SSSR count). The highest BCUT2D eigenvalue weighted by Gasteiger charge is 2.13. The lowest BCUT2D eigenvalue weighted by molar-refractivity contribution is -0.114. The molecule has 0 aliphatic heterocycles. The summed E-state index contributed by atoms with van der Waals surface area (Å²) in [6.07, 6.45) is 0. The van der Waals surface area contributed by atoms with Gasteiger partial charge in [0.25, 0.3) is 5.91 Å². The van der Waals surface area contributed by atoms with Crippen molar-refractivity contribution in [2.24, 2.45) is 0 Å². The first-order chi connectivity index (χ1) is 16.5. The van der Waals surface area contributed by atoms with Crippen molar-refractivity contribution >= 4 is 23.2 Å². The number of nitrogens with one attached hydrogen (secondary N) is 2. The molecule has 0 spiro atoms. The molecule has 0 aliphatic carbocycles. The number of carbonyl (C=O) groups is 2. The van der Waals surface area contributed by atoms with Gasteiger partial charge in [-0.15, -0.1) is 0 Å². The molecule has 0 aromatic heterocycles. The quantitative estimate of drug-likeness (QED) is 0.390. The number of carbonyl (C=O) groups excluding carboxylic acids is 2. The number of benzene rings is 3. The summed E-state index contributed by atoms with van der Waals surface area (Å²) in [5.74, 6) is 0.425. The summed E-state index contributed by atoms with van der Waals surface area (Å²) >= 11 is 0. The van der Waals surface area contributed by atoms with Gasteiger partial charge in [0, 0.05) is 37.1 Å². The van der Waals surface area contributed by atoms with Crippen LogP contribution in [0, 0.1) is 0 Å². The summed E-state index contributed by atoms with van der Waals surface area (Å²) in [5, 5.41) is 5.92. The number of amides is 2. The Balaban J connectivity index is 1.47. The first kappa shape index (κ1) is 24.8. The molecule has 7 nitrogen and oxygen atoms in total. The molecule has 0 bridgehead atoms. The van der Waals surface area contributed by atoms with Crippen molar-refractivity contribution < 1.29 is 19.1 Å². The van der Waals surface area contributed by atoms with E-state index in [1.807, 2.05) is 61.5 Å². The SMILES string of the molecule is CCOCCOc1ccc(NCC(=O)Nc2cccc(C(=O)N(C)Cc3ccccc3)c2)cc1. The molecule has 0 fully saturated rings. The number of anilines is 2. The Hall–Kier alpha value is -3.84. The fraction of sp³-hybridized carbons (Fsp3) is 0.259. The summed E-state index contributed by atoms with van der Waals surface area (Å²) in [7, 11) is 1.76. The van der Waals surface area contributed by atoms with E-state index in [0.717, 1.165) is 17.0 Å². The molecule has 0 unspecified atom stereocenters. The van der Waals surface area contributed by atoms with Crippen LogP contribution in [-0.4, -0.2) is 50.1 Å². The van der Waals surface area contributed by atoms with Crippen molar-refractivity contribution in [3.8, 4) is 5.75 Å². The normalized spacial score (nSPS) is 10.4. The molecule has 0 saturated carbocycles. The van der Waals surface area contributed by atoms with Gasteiger partial charge in [-0.2, -0.15) is 0 Å². The summed E-state index contributed by atoms with van der Waals surface area (Å²) in [6, 6.07) is 24.2. The van der Waals surface area contributed by atoms with Crippen LogP contribution in [0.15, 0.2) is 78.9 Å². The topological polar surface area (TPSA) is 79.9 Å². The van der Waals surface area contributed by atoms with Crippen molar-refractivity contribution in [3.63, 3.8) is 0 Å². The second kappa shape index (κ2) is 13.0. The van der Waals surface area contributed by atoms with Crippen LogP contribution in [0.1, 0.15) is 22.8 Å².